The van der Waals surface area contributed by atoms with Crippen LogP contribution in [0.1, 0.15) is 45.2 Å². The van der Waals surface area contributed by atoms with Crippen molar-refractivity contribution in [2.24, 2.45) is 5.92 Å². The van der Waals surface area contributed by atoms with Gasteiger partial charge >= 0.3 is 5.97 Å². The zero-order chi connectivity index (χ0) is 14.2. The molecule has 0 saturated heterocycles. The quantitative estimate of drug-likeness (QED) is 0.769. The molecule has 0 heterocycles. The van der Waals surface area contributed by atoms with Crippen LogP contribution in [0.2, 0.25) is 0 Å². The Morgan fingerprint density at radius 2 is 2.00 bits per heavy atom. The second-order valence-corrected chi connectivity index (χ2v) is 5.06. The monoisotopic (exact) mass is 262 g/mol. The van der Waals surface area contributed by atoms with Crippen molar-refractivity contribution in [1.29, 1.82) is 0 Å². The van der Waals surface area contributed by atoms with E-state index in [4.69, 9.17) is 9.47 Å². The van der Waals surface area contributed by atoms with Crippen molar-refractivity contribution >= 4 is 11.8 Å². The van der Waals surface area contributed by atoms with Gasteiger partial charge in [-0.25, -0.2) is 4.79 Å². The number of rotatable bonds is 2. The summed E-state index contributed by atoms with van der Waals surface area (Å²) in [7, 11) is 2.86. The molecule has 0 N–H and O–H groups in total. The first-order chi connectivity index (χ1) is 8.99. The summed E-state index contributed by atoms with van der Waals surface area (Å²) in [6.07, 6.45) is 1.29. The molecule has 1 aromatic rings. The maximum Gasteiger partial charge on any atom is 0.341 e. The zero-order valence-electron chi connectivity index (χ0n) is 11.7. The van der Waals surface area contributed by atoms with Crippen LogP contribution in [0.15, 0.2) is 6.07 Å². The van der Waals surface area contributed by atoms with Crippen molar-refractivity contribution < 1.29 is 19.1 Å². The topological polar surface area (TPSA) is 52.6 Å². The molecule has 1 aromatic carbocycles. The van der Waals surface area contributed by atoms with Gasteiger partial charge in [0, 0.05) is 17.5 Å². The Hall–Kier alpha value is -1.84. The highest BCUT2D eigenvalue weighted by atomic mass is 16.5. The molecule has 1 aliphatic carbocycles. The lowest BCUT2D eigenvalue weighted by Gasteiger charge is -2.24. The summed E-state index contributed by atoms with van der Waals surface area (Å²) >= 11 is 0. The molecule has 0 aliphatic heterocycles. The fraction of sp³-hybridized carbons (Fsp3) is 0.467. The number of carbonyl (C=O) groups is 2. The van der Waals surface area contributed by atoms with Crippen LogP contribution < -0.4 is 4.74 Å². The van der Waals surface area contributed by atoms with Gasteiger partial charge in [-0.15, -0.1) is 0 Å². The highest BCUT2D eigenvalue weighted by Gasteiger charge is 2.30. The van der Waals surface area contributed by atoms with Gasteiger partial charge in [-0.05, 0) is 30.9 Å². The first kappa shape index (κ1) is 13.6. The van der Waals surface area contributed by atoms with Crippen molar-refractivity contribution in [3.63, 3.8) is 0 Å². The summed E-state index contributed by atoms with van der Waals surface area (Å²) in [4.78, 5) is 24.0. The molecule has 0 amide bonds. The van der Waals surface area contributed by atoms with Crippen LogP contribution in [0.25, 0.3) is 0 Å². The van der Waals surface area contributed by atoms with Gasteiger partial charge in [-0.2, -0.15) is 0 Å². The van der Waals surface area contributed by atoms with Crippen LogP contribution in [0.4, 0.5) is 0 Å². The number of methoxy groups -OCH3 is 2. The third kappa shape index (κ3) is 2.23. The molecule has 1 unspecified atom stereocenters. The number of Topliss-reactive ketones (excluding diaryl/α,β-unsaturated/α-hetero) is 1. The molecular weight excluding hydrogens is 244 g/mol. The van der Waals surface area contributed by atoms with E-state index in [1.165, 1.54) is 14.2 Å². The largest absolute Gasteiger partial charge is 0.496 e. The van der Waals surface area contributed by atoms with Gasteiger partial charge in [0.1, 0.15) is 11.3 Å². The SMILES string of the molecule is COC(=O)c1c(C)cc2c(c1OC)CC(C)CC2=O. The lowest BCUT2D eigenvalue weighted by atomic mass is 9.81. The maximum absolute atomic E-state index is 12.1. The Kier molecular flexibility index (Phi) is 3.60. The van der Waals surface area contributed by atoms with Gasteiger partial charge in [-0.1, -0.05) is 6.92 Å². The van der Waals surface area contributed by atoms with Crippen LogP contribution in [0.5, 0.6) is 5.75 Å². The van der Waals surface area contributed by atoms with Crippen molar-refractivity contribution in [2.45, 2.75) is 26.7 Å². The normalized spacial score (nSPS) is 17.9. The van der Waals surface area contributed by atoms with Gasteiger partial charge in [-0.3, -0.25) is 4.79 Å². The summed E-state index contributed by atoms with van der Waals surface area (Å²) in [6, 6.07) is 1.78. The Morgan fingerprint density at radius 1 is 1.32 bits per heavy atom. The standard InChI is InChI=1S/C15H18O4/c1-8-5-11-10(12(16)6-8)7-9(2)13(14(11)18-3)15(17)19-4/h7-8H,5-6H2,1-4H3. The molecule has 0 saturated carbocycles. The van der Waals surface area contributed by atoms with E-state index in [0.29, 0.717) is 28.9 Å². The molecule has 19 heavy (non-hydrogen) atoms. The van der Waals surface area contributed by atoms with E-state index >= 15 is 0 Å². The first-order valence-electron chi connectivity index (χ1n) is 6.31. The lowest BCUT2D eigenvalue weighted by Crippen LogP contribution is -2.21. The summed E-state index contributed by atoms with van der Waals surface area (Å²) in [5.74, 6) is 0.443. The Balaban J connectivity index is 2.70. The first-order valence-corrected chi connectivity index (χ1v) is 6.31. The van der Waals surface area contributed by atoms with Gasteiger partial charge in [0.05, 0.1) is 14.2 Å². The van der Waals surface area contributed by atoms with E-state index in [2.05, 4.69) is 0 Å². The molecule has 4 heteroatoms. The van der Waals surface area contributed by atoms with E-state index in [9.17, 15) is 9.59 Å². The van der Waals surface area contributed by atoms with Crippen molar-refractivity contribution in [2.75, 3.05) is 14.2 Å². The fourth-order valence-electron chi connectivity index (χ4n) is 2.71. The summed E-state index contributed by atoms with van der Waals surface area (Å²) < 4.78 is 10.2. The summed E-state index contributed by atoms with van der Waals surface area (Å²) in [6.45, 7) is 3.82. The Bertz CT molecular complexity index is 546. The smallest absolute Gasteiger partial charge is 0.341 e. The van der Waals surface area contributed by atoms with Gasteiger partial charge < -0.3 is 9.47 Å². The molecule has 0 aromatic heterocycles. The van der Waals surface area contributed by atoms with Gasteiger partial charge in [0.2, 0.25) is 0 Å². The van der Waals surface area contributed by atoms with E-state index in [-0.39, 0.29) is 11.7 Å². The molecule has 4 nitrogen and oxygen atoms in total. The number of ketones is 1. The van der Waals surface area contributed by atoms with Gasteiger partial charge in [0.25, 0.3) is 0 Å². The predicted octanol–water partition coefficient (Wildman–Crippen LogP) is 2.56. The third-order valence-electron chi connectivity index (χ3n) is 3.56. The average molecular weight is 262 g/mol. The van der Waals surface area contributed by atoms with E-state index in [0.717, 1.165) is 12.0 Å². The Labute approximate surface area is 112 Å². The lowest BCUT2D eigenvalue weighted by molar-refractivity contribution is 0.0595. The zero-order valence-corrected chi connectivity index (χ0v) is 11.7. The van der Waals surface area contributed by atoms with E-state index in [1.54, 1.807) is 13.0 Å². The number of ether oxygens (including phenoxy) is 2. The number of aryl methyl sites for hydroxylation is 1. The van der Waals surface area contributed by atoms with Crippen LogP contribution in [0, 0.1) is 12.8 Å². The van der Waals surface area contributed by atoms with Gasteiger partial charge in [0.15, 0.2) is 5.78 Å². The molecular formula is C15H18O4. The van der Waals surface area contributed by atoms with E-state index < -0.39 is 5.97 Å². The fourth-order valence-corrected chi connectivity index (χ4v) is 2.71. The highest BCUT2D eigenvalue weighted by Crippen LogP contribution is 2.37. The minimum absolute atomic E-state index is 0.117. The predicted molar refractivity (Wildman–Crippen MR) is 70.9 cm³/mol. The minimum Gasteiger partial charge on any atom is -0.496 e. The number of fused-ring (bicyclic) bond motifs is 1. The molecule has 1 atom stereocenters. The maximum atomic E-state index is 12.1. The second kappa shape index (κ2) is 5.03. The number of carbonyl (C=O) groups excluding carboxylic acids is 2. The molecule has 0 fully saturated rings. The minimum atomic E-state index is -0.428. The number of hydrogen-bond acceptors (Lipinski definition) is 4. The molecule has 102 valence electrons. The van der Waals surface area contributed by atoms with Crippen LogP contribution >= 0.6 is 0 Å². The molecule has 0 radical (unpaired) electrons. The highest BCUT2D eigenvalue weighted by molar-refractivity contribution is 6.03. The Morgan fingerprint density at radius 3 is 2.58 bits per heavy atom. The van der Waals surface area contributed by atoms with Crippen molar-refractivity contribution in [3.05, 3.63) is 28.3 Å². The van der Waals surface area contributed by atoms with Crippen LogP contribution in [-0.2, 0) is 11.2 Å². The molecule has 0 spiro atoms. The second-order valence-electron chi connectivity index (χ2n) is 5.06. The number of esters is 1. The summed E-state index contributed by atoms with van der Waals surface area (Å²) in [5.41, 5.74) is 2.65. The van der Waals surface area contributed by atoms with Crippen LogP contribution in [-0.4, -0.2) is 26.0 Å². The van der Waals surface area contributed by atoms with Crippen LogP contribution in [0.3, 0.4) is 0 Å². The number of hydrogen-bond donors (Lipinski definition) is 0. The number of benzene rings is 1. The molecule has 0 bridgehead atoms. The molecule has 2 rings (SSSR count). The molecule has 1 aliphatic rings. The third-order valence-corrected chi connectivity index (χ3v) is 3.56. The van der Waals surface area contributed by atoms with E-state index in [1.807, 2.05) is 6.92 Å². The van der Waals surface area contributed by atoms with Crippen molar-refractivity contribution in [1.82, 2.24) is 0 Å². The summed E-state index contributed by atoms with van der Waals surface area (Å²) in [5, 5.41) is 0. The van der Waals surface area contributed by atoms with Crippen molar-refractivity contribution in [3.8, 4) is 5.75 Å². The average Bonchev–Trinajstić information content (AvgIpc) is 2.37.